The van der Waals surface area contributed by atoms with Crippen LogP contribution in [0.25, 0.3) is 0 Å². The van der Waals surface area contributed by atoms with Crippen LogP contribution in [-0.4, -0.2) is 60.0 Å². The zero-order valence-corrected chi connectivity index (χ0v) is 23.2. The average Bonchev–Trinajstić information content (AvgIpc) is 3.43. The molecule has 3 aliphatic carbocycles. The van der Waals surface area contributed by atoms with Gasteiger partial charge in [0.2, 0.25) is 0 Å². The van der Waals surface area contributed by atoms with Gasteiger partial charge in [-0.05, 0) is 94.8 Å². The van der Waals surface area contributed by atoms with E-state index in [2.05, 4.69) is 32.6 Å². The lowest BCUT2D eigenvalue weighted by Gasteiger charge is -2.75. The van der Waals surface area contributed by atoms with E-state index >= 15 is 0 Å². The zero-order valence-electron chi connectivity index (χ0n) is 23.2. The lowest BCUT2D eigenvalue weighted by atomic mass is 9.37. The Hall–Kier alpha value is -0.490. The second-order valence-corrected chi connectivity index (χ2v) is 15.6. The van der Waals surface area contributed by atoms with Crippen molar-refractivity contribution in [2.45, 2.75) is 128 Å². The van der Waals surface area contributed by atoms with Crippen molar-refractivity contribution >= 4 is 5.78 Å². The highest BCUT2D eigenvalue weighted by Gasteiger charge is 2.85. The van der Waals surface area contributed by atoms with Crippen molar-refractivity contribution < 1.29 is 19.0 Å². The van der Waals surface area contributed by atoms with Gasteiger partial charge in [0, 0.05) is 36.4 Å². The topological polar surface area (TPSA) is 48.0 Å². The number of ketones is 1. The van der Waals surface area contributed by atoms with E-state index in [1.54, 1.807) is 0 Å². The Kier molecular flexibility index (Phi) is 4.42. The fourth-order valence-corrected chi connectivity index (χ4v) is 12.5. The van der Waals surface area contributed by atoms with Crippen LogP contribution >= 0.6 is 0 Å². The summed E-state index contributed by atoms with van der Waals surface area (Å²) < 4.78 is 20.1. The number of hydrogen-bond donors (Lipinski definition) is 0. The molecule has 9 aliphatic rings. The number of Topliss-reactive ketones (excluding diaryl/α,β-unsaturated/α-hetero) is 1. The van der Waals surface area contributed by atoms with E-state index in [4.69, 9.17) is 14.2 Å². The molecule has 6 heterocycles. The van der Waals surface area contributed by atoms with Gasteiger partial charge in [0.15, 0.2) is 11.6 Å². The normalized spacial score (nSPS) is 62.4. The van der Waals surface area contributed by atoms with Crippen LogP contribution in [0.4, 0.5) is 0 Å². The third-order valence-corrected chi connectivity index (χ3v) is 14.1. The first-order chi connectivity index (χ1) is 17.0. The minimum Gasteiger partial charge on any atom is -0.363 e. The highest BCUT2D eigenvalue weighted by Crippen LogP contribution is 2.82. The molecule has 0 aromatic carbocycles. The molecule has 0 aromatic rings. The molecule has 9 rings (SSSR count). The smallest absolute Gasteiger partial charge is 0.172 e. The first-order valence-corrected chi connectivity index (χ1v) is 15.3. The third-order valence-electron chi connectivity index (χ3n) is 14.1. The van der Waals surface area contributed by atoms with E-state index in [0.29, 0.717) is 24.5 Å². The second kappa shape index (κ2) is 6.80. The summed E-state index contributed by atoms with van der Waals surface area (Å²) in [6, 6.07) is 0.566. The van der Waals surface area contributed by atoms with Crippen molar-refractivity contribution in [3.63, 3.8) is 0 Å². The van der Waals surface area contributed by atoms with Gasteiger partial charge in [-0.3, -0.25) is 9.69 Å². The van der Waals surface area contributed by atoms with Crippen LogP contribution in [0, 0.1) is 39.4 Å². The Balaban J connectivity index is 1.27. The van der Waals surface area contributed by atoms with Crippen molar-refractivity contribution in [2.24, 2.45) is 39.4 Å². The molecule has 36 heavy (non-hydrogen) atoms. The minimum atomic E-state index is -0.603. The van der Waals surface area contributed by atoms with Gasteiger partial charge in [-0.2, -0.15) is 0 Å². The summed E-state index contributed by atoms with van der Waals surface area (Å²) in [7, 11) is 0. The molecule has 12 unspecified atom stereocenters. The SMILES string of the molecule is CC(C)C1CCC2(C)C3CCC45CCCC46OC(C(=O)C4(C)COC7(C)CCC4O7)CC26C1N(C3)C5. The lowest BCUT2D eigenvalue weighted by Crippen LogP contribution is -2.80. The van der Waals surface area contributed by atoms with E-state index in [1.807, 2.05) is 6.92 Å². The number of nitrogens with zero attached hydrogens (tertiary/aromatic N) is 1. The molecule has 0 amide bonds. The molecule has 6 saturated heterocycles. The summed E-state index contributed by atoms with van der Waals surface area (Å²) in [5, 5.41) is 0. The molecule has 5 heteroatoms. The molecule has 3 spiro atoms. The van der Waals surface area contributed by atoms with Gasteiger partial charge < -0.3 is 14.2 Å². The number of piperidine rings is 2. The molecule has 12 atom stereocenters. The van der Waals surface area contributed by atoms with E-state index in [-0.39, 0.29) is 39.8 Å². The van der Waals surface area contributed by atoms with Crippen molar-refractivity contribution in [3.8, 4) is 0 Å². The molecule has 0 N–H and O–H groups in total. The second-order valence-electron chi connectivity index (χ2n) is 15.6. The van der Waals surface area contributed by atoms with Gasteiger partial charge >= 0.3 is 0 Å². The number of hydrogen-bond acceptors (Lipinski definition) is 5. The van der Waals surface area contributed by atoms with Crippen molar-refractivity contribution in [2.75, 3.05) is 19.7 Å². The third kappa shape index (κ3) is 2.32. The number of carbonyl (C=O) groups is 1. The molecule has 0 aromatic heterocycles. The van der Waals surface area contributed by atoms with Crippen LogP contribution in [0.1, 0.15) is 98.8 Å². The van der Waals surface area contributed by atoms with Crippen LogP contribution in [0.5, 0.6) is 0 Å². The first kappa shape index (κ1) is 23.4. The van der Waals surface area contributed by atoms with E-state index in [9.17, 15) is 4.79 Å². The molecule has 0 radical (unpaired) electrons. The van der Waals surface area contributed by atoms with Gasteiger partial charge in [0.05, 0.1) is 23.7 Å². The molecule has 8 bridgehead atoms. The fraction of sp³-hybridized carbons (Fsp3) is 0.968. The van der Waals surface area contributed by atoms with Crippen LogP contribution in [0.2, 0.25) is 0 Å². The molecular formula is C31H47NO4. The summed E-state index contributed by atoms with van der Waals surface area (Å²) in [6.07, 6.45) is 11.4. The molecule has 6 aliphatic heterocycles. The van der Waals surface area contributed by atoms with Crippen molar-refractivity contribution in [1.29, 1.82) is 0 Å². The fourth-order valence-electron chi connectivity index (χ4n) is 12.5. The van der Waals surface area contributed by atoms with Gasteiger partial charge in [-0.1, -0.05) is 20.8 Å². The quantitative estimate of drug-likeness (QED) is 0.526. The van der Waals surface area contributed by atoms with Gasteiger partial charge in [-0.25, -0.2) is 0 Å². The van der Waals surface area contributed by atoms with Crippen LogP contribution in [0.3, 0.4) is 0 Å². The Morgan fingerprint density at radius 3 is 2.61 bits per heavy atom. The highest BCUT2D eigenvalue weighted by molar-refractivity contribution is 5.90. The Labute approximate surface area is 217 Å². The molecule has 5 nitrogen and oxygen atoms in total. The first-order valence-electron chi connectivity index (χ1n) is 15.3. The Bertz CT molecular complexity index is 1010. The standard InChI is InChI=1S/C31H47NO4/c1-19(2)21-8-12-27(4)20-7-14-29-10-6-11-31(29)30(27,24(21)32(16-20)17-29)15-22(35-31)25(33)26(3)18-34-28(5)13-9-23(26)36-28/h19-24H,6-18H2,1-5H3. The molecule has 200 valence electrons. The van der Waals surface area contributed by atoms with Gasteiger partial charge in [-0.15, -0.1) is 0 Å². The van der Waals surface area contributed by atoms with Crippen LogP contribution < -0.4 is 0 Å². The number of carbonyl (C=O) groups excluding carboxylic acids is 1. The van der Waals surface area contributed by atoms with E-state index < -0.39 is 11.2 Å². The summed E-state index contributed by atoms with van der Waals surface area (Å²) in [5.41, 5.74) is -0.133. The Morgan fingerprint density at radius 1 is 0.972 bits per heavy atom. The predicted octanol–water partition coefficient (Wildman–Crippen LogP) is 5.35. The van der Waals surface area contributed by atoms with Crippen molar-refractivity contribution in [3.05, 3.63) is 0 Å². The summed E-state index contributed by atoms with van der Waals surface area (Å²) in [5.74, 6) is 1.91. The average molecular weight is 498 g/mol. The number of rotatable bonds is 3. The summed E-state index contributed by atoms with van der Waals surface area (Å²) in [4.78, 5) is 17.6. The maximum Gasteiger partial charge on any atom is 0.172 e. The largest absolute Gasteiger partial charge is 0.363 e. The number of ether oxygens (including phenoxy) is 3. The molecule has 3 saturated carbocycles. The molecular weight excluding hydrogens is 450 g/mol. The van der Waals surface area contributed by atoms with E-state index in [0.717, 1.165) is 25.2 Å². The Morgan fingerprint density at radius 2 is 1.81 bits per heavy atom. The highest BCUT2D eigenvalue weighted by atomic mass is 16.7. The maximum absolute atomic E-state index is 14.6. The lowest BCUT2D eigenvalue weighted by molar-refractivity contribution is -0.298. The van der Waals surface area contributed by atoms with Gasteiger partial charge in [0.1, 0.15) is 6.10 Å². The maximum atomic E-state index is 14.6. The van der Waals surface area contributed by atoms with E-state index in [1.165, 1.54) is 58.0 Å². The summed E-state index contributed by atoms with van der Waals surface area (Å²) in [6.45, 7) is 14.7. The predicted molar refractivity (Wildman–Crippen MR) is 136 cm³/mol. The van der Waals surface area contributed by atoms with Gasteiger partial charge in [0.25, 0.3) is 0 Å². The monoisotopic (exact) mass is 497 g/mol. The van der Waals surface area contributed by atoms with Crippen LogP contribution in [-0.2, 0) is 19.0 Å². The number of fused-ring (bicyclic) bond motifs is 3. The van der Waals surface area contributed by atoms with Crippen LogP contribution in [0.15, 0.2) is 0 Å². The minimum absolute atomic E-state index is 0.0414. The zero-order chi connectivity index (χ0) is 24.9. The summed E-state index contributed by atoms with van der Waals surface area (Å²) >= 11 is 0. The molecule has 9 fully saturated rings. The van der Waals surface area contributed by atoms with Crippen molar-refractivity contribution in [1.82, 2.24) is 4.90 Å².